The van der Waals surface area contributed by atoms with Crippen molar-refractivity contribution < 1.29 is 19.1 Å². The first-order chi connectivity index (χ1) is 8.20. The number of hydrogen-bond donors (Lipinski definition) is 2. The van der Waals surface area contributed by atoms with Crippen LogP contribution in [0.25, 0.3) is 22.0 Å². The van der Waals surface area contributed by atoms with Crippen LogP contribution in [0.1, 0.15) is 10.6 Å². The molecule has 0 bridgehead atoms. The van der Waals surface area contributed by atoms with Crippen molar-refractivity contribution in [1.29, 1.82) is 0 Å². The number of aromatic amines is 1. The van der Waals surface area contributed by atoms with E-state index in [0.29, 0.717) is 16.8 Å². The number of ether oxygens (including phenoxy) is 1. The average molecular weight is 231 g/mol. The number of nitrogens with one attached hydrogen (secondary N) is 1. The van der Waals surface area contributed by atoms with Gasteiger partial charge in [0.2, 0.25) is 5.76 Å². The smallest absolute Gasteiger partial charge is 0.371 e. The molecule has 5 heteroatoms. The highest BCUT2D eigenvalue weighted by Crippen LogP contribution is 2.34. The Morgan fingerprint density at radius 2 is 2.24 bits per heavy atom. The van der Waals surface area contributed by atoms with Crippen molar-refractivity contribution >= 4 is 28.0 Å². The van der Waals surface area contributed by atoms with Gasteiger partial charge in [0.05, 0.1) is 23.5 Å². The van der Waals surface area contributed by atoms with Crippen LogP contribution in [0.2, 0.25) is 0 Å². The maximum Gasteiger partial charge on any atom is 0.371 e. The Balaban J connectivity index is 2.42. The lowest BCUT2D eigenvalue weighted by molar-refractivity contribution is 0.0665. The number of fused-ring (bicyclic) bond motifs is 3. The Labute approximate surface area is 95.6 Å². The molecule has 3 aromatic rings. The minimum Gasteiger partial charge on any atom is -0.496 e. The predicted molar refractivity (Wildman–Crippen MR) is 61.6 cm³/mol. The Morgan fingerprint density at radius 3 is 2.94 bits per heavy atom. The molecule has 5 nitrogen and oxygen atoms in total. The van der Waals surface area contributed by atoms with E-state index in [2.05, 4.69) is 4.98 Å². The molecule has 2 heterocycles. The maximum absolute atomic E-state index is 10.8. The van der Waals surface area contributed by atoms with Gasteiger partial charge in [0, 0.05) is 6.07 Å². The van der Waals surface area contributed by atoms with Crippen molar-refractivity contribution in [1.82, 2.24) is 4.98 Å². The molecule has 1 aromatic carbocycles. The van der Waals surface area contributed by atoms with Crippen molar-refractivity contribution in [2.75, 3.05) is 7.11 Å². The van der Waals surface area contributed by atoms with E-state index in [0.717, 1.165) is 10.9 Å². The van der Waals surface area contributed by atoms with E-state index < -0.39 is 5.97 Å². The molecule has 2 aromatic heterocycles. The number of carbonyl (C=O) groups is 1. The molecule has 0 saturated carbocycles. The number of aromatic nitrogens is 1. The van der Waals surface area contributed by atoms with Gasteiger partial charge in [0.1, 0.15) is 5.75 Å². The molecule has 0 aliphatic rings. The number of hydrogen-bond acceptors (Lipinski definition) is 3. The molecule has 0 spiro atoms. The summed E-state index contributed by atoms with van der Waals surface area (Å²) in [7, 11) is 1.56. The summed E-state index contributed by atoms with van der Waals surface area (Å²) in [6, 6.07) is 7.01. The molecule has 0 radical (unpaired) electrons. The first kappa shape index (κ1) is 9.77. The topological polar surface area (TPSA) is 75.5 Å². The molecule has 17 heavy (non-hydrogen) atoms. The second kappa shape index (κ2) is 3.28. The fourth-order valence-corrected chi connectivity index (χ4v) is 1.96. The van der Waals surface area contributed by atoms with E-state index in [1.807, 2.05) is 12.1 Å². The lowest BCUT2D eigenvalue weighted by atomic mass is 10.2. The number of H-pyrrole nitrogens is 1. The van der Waals surface area contributed by atoms with Gasteiger partial charge in [0.15, 0.2) is 5.58 Å². The normalized spacial score (nSPS) is 11.1. The number of aromatic carboxylic acids is 1. The average Bonchev–Trinajstić information content (AvgIpc) is 2.84. The van der Waals surface area contributed by atoms with Gasteiger partial charge in [0.25, 0.3) is 0 Å². The van der Waals surface area contributed by atoms with Crippen LogP contribution in [0.5, 0.6) is 5.75 Å². The summed E-state index contributed by atoms with van der Waals surface area (Å²) in [6.07, 6.45) is 0. The Kier molecular flexibility index (Phi) is 1.89. The van der Waals surface area contributed by atoms with Gasteiger partial charge in [-0.1, -0.05) is 6.07 Å². The van der Waals surface area contributed by atoms with Crippen molar-refractivity contribution in [3.8, 4) is 5.75 Å². The molecule has 0 aliphatic carbocycles. The number of rotatable bonds is 2. The molecule has 3 rings (SSSR count). The molecule has 86 valence electrons. The summed E-state index contributed by atoms with van der Waals surface area (Å²) in [5.74, 6) is -0.517. The number of methoxy groups -OCH3 is 1. The van der Waals surface area contributed by atoms with E-state index >= 15 is 0 Å². The van der Waals surface area contributed by atoms with Crippen LogP contribution in [0, 0.1) is 0 Å². The van der Waals surface area contributed by atoms with Gasteiger partial charge < -0.3 is 19.2 Å². The number of benzene rings is 1. The maximum atomic E-state index is 10.8. The Bertz CT molecular complexity index is 723. The zero-order valence-corrected chi connectivity index (χ0v) is 8.98. The van der Waals surface area contributed by atoms with Crippen molar-refractivity contribution in [3.63, 3.8) is 0 Å². The second-order valence-electron chi connectivity index (χ2n) is 3.67. The fourth-order valence-electron chi connectivity index (χ4n) is 1.96. The van der Waals surface area contributed by atoms with Gasteiger partial charge in [-0.15, -0.1) is 0 Å². The van der Waals surface area contributed by atoms with E-state index in [4.69, 9.17) is 14.3 Å². The fraction of sp³-hybridized carbons (Fsp3) is 0.0833. The third-order valence-corrected chi connectivity index (χ3v) is 2.69. The van der Waals surface area contributed by atoms with Crippen LogP contribution < -0.4 is 4.74 Å². The Morgan fingerprint density at radius 1 is 1.41 bits per heavy atom. The van der Waals surface area contributed by atoms with Crippen molar-refractivity contribution in [2.24, 2.45) is 0 Å². The molecule has 0 aliphatic heterocycles. The zero-order chi connectivity index (χ0) is 12.0. The summed E-state index contributed by atoms with van der Waals surface area (Å²) < 4.78 is 10.6. The second-order valence-corrected chi connectivity index (χ2v) is 3.67. The van der Waals surface area contributed by atoms with Crippen LogP contribution in [0.15, 0.2) is 28.7 Å². The molecule has 0 unspecified atom stereocenters. The SMILES string of the molecule is COc1cccc2[nH]c3cc(C(=O)O)oc3c12. The number of carboxylic acids is 1. The minimum absolute atomic E-state index is 0.0842. The molecular weight excluding hydrogens is 222 g/mol. The molecule has 0 fully saturated rings. The summed E-state index contributed by atoms with van der Waals surface area (Å²) in [4.78, 5) is 13.9. The highest BCUT2D eigenvalue weighted by molar-refractivity contribution is 6.09. The van der Waals surface area contributed by atoms with E-state index in [1.165, 1.54) is 6.07 Å². The monoisotopic (exact) mass is 231 g/mol. The van der Waals surface area contributed by atoms with Gasteiger partial charge >= 0.3 is 5.97 Å². The van der Waals surface area contributed by atoms with Crippen molar-refractivity contribution in [2.45, 2.75) is 0 Å². The van der Waals surface area contributed by atoms with Crippen LogP contribution in [-0.4, -0.2) is 23.2 Å². The first-order valence-corrected chi connectivity index (χ1v) is 5.02. The highest BCUT2D eigenvalue weighted by atomic mass is 16.5. The first-order valence-electron chi connectivity index (χ1n) is 5.02. The zero-order valence-electron chi connectivity index (χ0n) is 8.98. The minimum atomic E-state index is -1.09. The lowest BCUT2D eigenvalue weighted by Gasteiger charge is -2.00. The summed E-state index contributed by atoms with van der Waals surface area (Å²) in [5, 5.41) is 9.63. The number of furan rings is 1. The van der Waals surface area contributed by atoms with Crippen molar-refractivity contribution in [3.05, 3.63) is 30.0 Å². The predicted octanol–water partition coefficient (Wildman–Crippen LogP) is 2.62. The van der Waals surface area contributed by atoms with Gasteiger partial charge in [-0.05, 0) is 12.1 Å². The highest BCUT2D eigenvalue weighted by Gasteiger charge is 2.17. The lowest BCUT2D eigenvalue weighted by Crippen LogP contribution is -1.91. The van der Waals surface area contributed by atoms with Crippen LogP contribution in [0.3, 0.4) is 0 Å². The van der Waals surface area contributed by atoms with Crippen LogP contribution in [0.4, 0.5) is 0 Å². The molecule has 0 atom stereocenters. The molecule has 0 saturated heterocycles. The third-order valence-electron chi connectivity index (χ3n) is 2.69. The van der Waals surface area contributed by atoms with Crippen LogP contribution >= 0.6 is 0 Å². The largest absolute Gasteiger partial charge is 0.496 e. The number of carboxylic acid groups (broad SMARTS) is 1. The summed E-state index contributed by atoms with van der Waals surface area (Å²) >= 11 is 0. The van der Waals surface area contributed by atoms with Crippen LogP contribution in [-0.2, 0) is 0 Å². The molecule has 2 N–H and O–H groups in total. The summed E-state index contributed by atoms with van der Waals surface area (Å²) in [6.45, 7) is 0. The third kappa shape index (κ3) is 1.29. The quantitative estimate of drug-likeness (QED) is 0.710. The molecule has 0 amide bonds. The Hall–Kier alpha value is -2.43. The summed E-state index contributed by atoms with van der Waals surface area (Å²) in [5.41, 5.74) is 2.02. The van der Waals surface area contributed by atoms with Gasteiger partial charge in [-0.2, -0.15) is 0 Å². The van der Waals surface area contributed by atoms with Gasteiger partial charge in [-0.25, -0.2) is 4.79 Å². The van der Waals surface area contributed by atoms with E-state index in [-0.39, 0.29) is 5.76 Å². The standard InChI is InChI=1S/C12H9NO4/c1-16-8-4-2-3-6-10(8)11-7(13-6)5-9(17-11)12(14)15/h2-5,13H,1H3,(H,14,15). The van der Waals surface area contributed by atoms with E-state index in [9.17, 15) is 4.79 Å². The van der Waals surface area contributed by atoms with E-state index in [1.54, 1.807) is 13.2 Å². The van der Waals surface area contributed by atoms with Gasteiger partial charge in [-0.3, -0.25) is 0 Å². The molecular formula is C12H9NO4.